The molecule has 0 bridgehead atoms. The summed E-state index contributed by atoms with van der Waals surface area (Å²) < 4.78 is 1.46. The van der Waals surface area contributed by atoms with E-state index in [9.17, 15) is 9.59 Å². The molecule has 1 aromatic heterocycles. The number of nitrogens with one attached hydrogen (secondary N) is 1. The van der Waals surface area contributed by atoms with Crippen molar-refractivity contribution in [3.05, 3.63) is 51.8 Å². The minimum absolute atomic E-state index is 0.175. The van der Waals surface area contributed by atoms with Crippen LogP contribution >= 0.6 is 23.2 Å². The van der Waals surface area contributed by atoms with Crippen LogP contribution in [-0.4, -0.2) is 21.6 Å². The first-order valence-corrected chi connectivity index (χ1v) is 6.77. The van der Waals surface area contributed by atoms with Gasteiger partial charge in [-0.2, -0.15) is 0 Å². The highest BCUT2D eigenvalue weighted by atomic mass is 35.5. The number of anilines is 1. The summed E-state index contributed by atoms with van der Waals surface area (Å²) >= 11 is 11.8. The average molecular weight is 327 g/mol. The first kappa shape index (κ1) is 15.4. The van der Waals surface area contributed by atoms with Crippen molar-refractivity contribution in [2.24, 2.45) is 7.05 Å². The third-order valence-corrected chi connectivity index (χ3v) is 3.80. The molecule has 2 N–H and O–H groups in total. The summed E-state index contributed by atoms with van der Waals surface area (Å²) in [5, 5.41) is 12.1. The highest BCUT2D eigenvalue weighted by molar-refractivity contribution is 6.42. The summed E-state index contributed by atoms with van der Waals surface area (Å²) in [6, 6.07) is 8.17. The molecule has 0 aliphatic rings. The zero-order chi connectivity index (χ0) is 15.6. The van der Waals surface area contributed by atoms with Crippen molar-refractivity contribution >= 4 is 40.8 Å². The molecular formula is C14H12Cl2N2O3. The van der Waals surface area contributed by atoms with Crippen molar-refractivity contribution in [1.29, 1.82) is 0 Å². The fourth-order valence-electron chi connectivity index (χ4n) is 1.91. The molecule has 0 aliphatic heterocycles. The number of para-hydroxylation sites is 1. The van der Waals surface area contributed by atoms with E-state index in [1.54, 1.807) is 31.3 Å². The highest BCUT2D eigenvalue weighted by Gasteiger charge is 2.17. The van der Waals surface area contributed by atoms with Crippen LogP contribution in [0.25, 0.3) is 0 Å². The molecule has 0 spiro atoms. The molecule has 7 heteroatoms. The summed E-state index contributed by atoms with van der Waals surface area (Å²) in [6.45, 7) is 0. The predicted molar refractivity (Wildman–Crippen MR) is 81.2 cm³/mol. The number of carboxylic acid groups (broad SMARTS) is 1. The van der Waals surface area contributed by atoms with Gasteiger partial charge < -0.3 is 15.0 Å². The van der Waals surface area contributed by atoms with Crippen molar-refractivity contribution in [1.82, 2.24) is 4.57 Å². The van der Waals surface area contributed by atoms with E-state index in [1.165, 1.54) is 10.6 Å². The smallest absolute Gasteiger partial charge is 0.307 e. The molecule has 5 nitrogen and oxygen atoms in total. The van der Waals surface area contributed by atoms with Gasteiger partial charge in [0.05, 0.1) is 11.4 Å². The largest absolute Gasteiger partial charge is 0.481 e. The van der Waals surface area contributed by atoms with Crippen molar-refractivity contribution in [2.45, 2.75) is 6.42 Å². The van der Waals surface area contributed by atoms with E-state index in [0.29, 0.717) is 11.3 Å². The van der Waals surface area contributed by atoms with Crippen LogP contribution in [0.3, 0.4) is 0 Å². The number of nitrogens with zero attached hydrogens (tertiary/aromatic N) is 1. The number of hydrogen-bond donors (Lipinski definition) is 2. The van der Waals surface area contributed by atoms with Crippen molar-refractivity contribution < 1.29 is 14.7 Å². The molecule has 1 amide bonds. The fourth-order valence-corrected chi connectivity index (χ4v) is 2.28. The van der Waals surface area contributed by atoms with Crippen LogP contribution in [-0.2, 0) is 18.3 Å². The molecule has 21 heavy (non-hydrogen) atoms. The molecule has 0 radical (unpaired) electrons. The first-order chi connectivity index (χ1) is 9.90. The molecule has 0 saturated heterocycles. The molecule has 0 saturated carbocycles. The predicted octanol–water partition coefficient (Wildman–Crippen LogP) is 3.21. The summed E-state index contributed by atoms with van der Waals surface area (Å²) in [5.41, 5.74) is 1.25. The Kier molecular flexibility index (Phi) is 4.55. The van der Waals surface area contributed by atoms with E-state index in [0.717, 1.165) is 0 Å². The summed E-state index contributed by atoms with van der Waals surface area (Å²) in [7, 11) is 1.62. The van der Waals surface area contributed by atoms with Crippen molar-refractivity contribution in [3.8, 4) is 0 Å². The average Bonchev–Trinajstić information content (AvgIpc) is 2.68. The minimum atomic E-state index is -0.971. The van der Waals surface area contributed by atoms with E-state index < -0.39 is 11.9 Å². The van der Waals surface area contributed by atoms with Gasteiger partial charge in [-0.15, -0.1) is 0 Å². The van der Waals surface area contributed by atoms with Crippen molar-refractivity contribution in [3.63, 3.8) is 0 Å². The van der Waals surface area contributed by atoms with Gasteiger partial charge in [0, 0.05) is 12.7 Å². The third kappa shape index (κ3) is 3.37. The molecule has 0 unspecified atom stereocenters. The number of aromatic nitrogens is 1. The fraction of sp³-hybridized carbons (Fsp3) is 0.143. The van der Waals surface area contributed by atoms with Crippen LogP contribution in [0.15, 0.2) is 30.3 Å². The zero-order valence-corrected chi connectivity index (χ0v) is 12.6. The quantitative estimate of drug-likeness (QED) is 0.906. The molecular weight excluding hydrogens is 315 g/mol. The number of halogens is 2. The molecule has 0 aliphatic carbocycles. The maximum absolute atomic E-state index is 12.2. The van der Waals surface area contributed by atoms with Gasteiger partial charge in [0.25, 0.3) is 5.91 Å². The van der Waals surface area contributed by atoms with Gasteiger partial charge in [-0.1, -0.05) is 41.4 Å². The van der Waals surface area contributed by atoms with E-state index >= 15 is 0 Å². The lowest BCUT2D eigenvalue weighted by atomic mass is 10.1. The second-order valence-electron chi connectivity index (χ2n) is 4.41. The van der Waals surface area contributed by atoms with Crippen LogP contribution in [0.4, 0.5) is 5.69 Å². The highest BCUT2D eigenvalue weighted by Crippen LogP contribution is 2.26. The van der Waals surface area contributed by atoms with E-state index in [2.05, 4.69) is 5.32 Å². The monoisotopic (exact) mass is 326 g/mol. The Hall–Kier alpha value is -1.98. The Balaban J connectivity index is 2.27. The molecule has 0 fully saturated rings. The second kappa shape index (κ2) is 6.20. The number of carboxylic acids is 1. The molecule has 110 valence electrons. The molecule has 2 aromatic rings. The second-order valence-corrected chi connectivity index (χ2v) is 5.17. The Bertz CT molecular complexity index is 710. The van der Waals surface area contributed by atoms with E-state index in [4.69, 9.17) is 28.3 Å². The first-order valence-electron chi connectivity index (χ1n) is 6.02. The Labute approximate surface area is 131 Å². The minimum Gasteiger partial charge on any atom is -0.481 e. The van der Waals surface area contributed by atoms with Crippen molar-refractivity contribution in [2.75, 3.05) is 5.32 Å². The zero-order valence-electron chi connectivity index (χ0n) is 11.1. The topological polar surface area (TPSA) is 71.3 Å². The van der Waals surface area contributed by atoms with Gasteiger partial charge >= 0.3 is 5.97 Å². The van der Waals surface area contributed by atoms with Gasteiger partial charge in [-0.3, -0.25) is 9.59 Å². The molecule has 1 aromatic carbocycles. The third-order valence-electron chi connectivity index (χ3n) is 2.96. The van der Waals surface area contributed by atoms with Crippen LogP contribution in [0.2, 0.25) is 10.2 Å². The van der Waals surface area contributed by atoms with Crippen LogP contribution in [0.1, 0.15) is 16.1 Å². The van der Waals surface area contributed by atoms with Crippen LogP contribution in [0.5, 0.6) is 0 Å². The lowest BCUT2D eigenvalue weighted by Crippen LogP contribution is -2.17. The Morgan fingerprint density at radius 3 is 2.52 bits per heavy atom. The maximum atomic E-state index is 12.2. The van der Waals surface area contributed by atoms with Gasteiger partial charge in [-0.05, 0) is 17.7 Å². The van der Waals surface area contributed by atoms with Crippen LogP contribution in [0, 0.1) is 0 Å². The van der Waals surface area contributed by atoms with Gasteiger partial charge in [0.1, 0.15) is 10.8 Å². The number of carbonyl (C=O) groups excluding carboxylic acids is 1. The molecule has 1 heterocycles. The normalized spacial score (nSPS) is 10.4. The number of benzene rings is 1. The van der Waals surface area contributed by atoms with Gasteiger partial charge in [0.2, 0.25) is 0 Å². The lowest BCUT2D eigenvalue weighted by molar-refractivity contribution is -0.136. The summed E-state index contributed by atoms with van der Waals surface area (Å²) in [5.74, 6) is -1.38. The van der Waals surface area contributed by atoms with Gasteiger partial charge in [0.15, 0.2) is 0 Å². The van der Waals surface area contributed by atoms with Gasteiger partial charge in [-0.25, -0.2) is 0 Å². The van der Waals surface area contributed by atoms with E-state index in [1.807, 2.05) is 0 Å². The number of amides is 1. The maximum Gasteiger partial charge on any atom is 0.307 e. The summed E-state index contributed by atoms with van der Waals surface area (Å²) in [4.78, 5) is 23.1. The lowest BCUT2D eigenvalue weighted by Gasteiger charge is -2.10. The van der Waals surface area contributed by atoms with Crippen LogP contribution < -0.4 is 5.32 Å². The summed E-state index contributed by atoms with van der Waals surface area (Å²) in [6.07, 6.45) is -0.175. The standard InChI is InChI=1S/C14H12Cl2N2O3/c1-18-11(7-9(15)13(18)16)14(21)17-10-5-3-2-4-8(10)6-12(19)20/h2-5,7H,6H2,1H3,(H,17,21)(H,19,20). The number of hydrogen-bond acceptors (Lipinski definition) is 2. The van der Waals surface area contributed by atoms with E-state index in [-0.39, 0.29) is 22.3 Å². The molecule has 0 atom stereocenters. The Morgan fingerprint density at radius 2 is 1.95 bits per heavy atom. The number of aliphatic carboxylic acids is 1. The molecule has 2 rings (SSSR count). The number of rotatable bonds is 4. The Morgan fingerprint density at radius 1 is 1.29 bits per heavy atom. The SMILES string of the molecule is Cn1c(C(=O)Nc2ccccc2CC(=O)O)cc(Cl)c1Cl. The number of carbonyl (C=O) groups is 2.